The summed E-state index contributed by atoms with van der Waals surface area (Å²) in [5, 5.41) is 8.05. The van der Waals surface area contributed by atoms with Gasteiger partial charge in [0, 0.05) is 6.08 Å². The Morgan fingerprint density at radius 3 is 2.80 bits per heavy atom. The van der Waals surface area contributed by atoms with E-state index in [9.17, 15) is 4.79 Å². The van der Waals surface area contributed by atoms with Crippen LogP contribution in [-0.2, 0) is 4.79 Å². The highest BCUT2D eigenvalue weighted by molar-refractivity contribution is 6.21. The summed E-state index contributed by atoms with van der Waals surface area (Å²) in [6.07, 6.45) is 4.37. The van der Waals surface area contributed by atoms with Crippen molar-refractivity contribution in [2.24, 2.45) is 0 Å². The van der Waals surface area contributed by atoms with Gasteiger partial charge in [0.1, 0.15) is 0 Å². The summed E-state index contributed by atoms with van der Waals surface area (Å²) in [7, 11) is 0. The van der Waals surface area contributed by atoms with Gasteiger partial charge < -0.3 is 5.11 Å². The second-order valence-electron chi connectivity index (χ2n) is 2.00. The highest BCUT2D eigenvalue weighted by atomic mass is 35.5. The fourth-order valence-electron chi connectivity index (χ4n) is 0.559. The van der Waals surface area contributed by atoms with E-state index in [1.807, 2.05) is 6.92 Å². The lowest BCUT2D eigenvalue weighted by atomic mass is 10.2. The van der Waals surface area contributed by atoms with Gasteiger partial charge in [-0.05, 0) is 6.42 Å². The number of halogens is 1. The molecule has 0 amide bonds. The number of aliphatic carboxylic acids is 1. The molecule has 0 radical (unpaired) electrons. The molecule has 0 bridgehead atoms. The zero-order chi connectivity index (χ0) is 7.98. The van der Waals surface area contributed by atoms with Crippen LogP contribution in [0.3, 0.4) is 0 Å². The van der Waals surface area contributed by atoms with Crippen LogP contribution in [0.25, 0.3) is 0 Å². The Hall–Kier alpha value is -0.500. The van der Waals surface area contributed by atoms with E-state index in [1.165, 1.54) is 6.08 Å². The van der Waals surface area contributed by atoms with Crippen LogP contribution in [0.15, 0.2) is 12.2 Å². The first-order valence-corrected chi connectivity index (χ1v) is 3.65. The first-order chi connectivity index (χ1) is 4.66. The fraction of sp³-hybridized carbons (Fsp3) is 0.571. The van der Waals surface area contributed by atoms with Crippen molar-refractivity contribution >= 4 is 17.6 Å². The van der Waals surface area contributed by atoms with Crippen LogP contribution in [0.2, 0.25) is 0 Å². The molecule has 0 aliphatic heterocycles. The van der Waals surface area contributed by atoms with Crippen molar-refractivity contribution < 1.29 is 9.90 Å². The molecule has 1 N–H and O–H groups in total. The van der Waals surface area contributed by atoms with Crippen molar-refractivity contribution in [3.05, 3.63) is 12.2 Å². The summed E-state index contributed by atoms with van der Waals surface area (Å²) in [6.45, 7) is 2.00. The molecule has 0 rings (SSSR count). The summed E-state index contributed by atoms with van der Waals surface area (Å²) < 4.78 is 0. The summed E-state index contributed by atoms with van der Waals surface area (Å²) in [5.41, 5.74) is 0. The number of allylic oxidation sites excluding steroid dienone is 1. The van der Waals surface area contributed by atoms with Crippen LogP contribution in [-0.4, -0.2) is 16.5 Å². The third-order valence-electron chi connectivity index (χ3n) is 1.01. The first-order valence-electron chi connectivity index (χ1n) is 3.22. The van der Waals surface area contributed by atoms with E-state index in [0.29, 0.717) is 0 Å². The van der Waals surface area contributed by atoms with Gasteiger partial charge in [0.15, 0.2) is 0 Å². The number of alkyl halides is 1. The summed E-state index contributed by atoms with van der Waals surface area (Å²) in [4.78, 5) is 9.96. The molecule has 10 heavy (non-hydrogen) atoms. The molecule has 0 aromatic heterocycles. The molecule has 0 aromatic rings. The van der Waals surface area contributed by atoms with Gasteiger partial charge in [0.25, 0.3) is 0 Å². The van der Waals surface area contributed by atoms with Crippen LogP contribution in [0.1, 0.15) is 19.8 Å². The van der Waals surface area contributed by atoms with Crippen molar-refractivity contribution in [3.8, 4) is 0 Å². The third kappa shape index (κ3) is 5.63. The molecule has 0 aromatic carbocycles. The quantitative estimate of drug-likeness (QED) is 0.508. The zero-order valence-electron chi connectivity index (χ0n) is 5.88. The van der Waals surface area contributed by atoms with Crippen LogP contribution in [0.4, 0.5) is 0 Å². The average molecular weight is 163 g/mol. The van der Waals surface area contributed by atoms with Crippen LogP contribution >= 0.6 is 11.6 Å². The van der Waals surface area contributed by atoms with Gasteiger partial charge in [-0.3, -0.25) is 0 Å². The number of hydrogen-bond donors (Lipinski definition) is 1. The Balaban J connectivity index is 3.55. The molecule has 1 unspecified atom stereocenters. The van der Waals surface area contributed by atoms with Gasteiger partial charge in [-0.25, -0.2) is 4.79 Å². The van der Waals surface area contributed by atoms with E-state index in [0.717, 1.165) is 18.9 Å². The Morgan fingerprint density at radius 2 is 2.40 bits per heavy atom. The number of carbonyl (C=O) groups is 1. The number of carboxylic acid groups (broad SMARTS) is 1. The van der Waals surface area contributed by atoms with E-state index >= 15 is 0 Å². The van der Waals surface area contributed by atoms with E-state index in [-0.39, 0.29) is 5.38 Å². The lowest BCUT2D eigenvalue weighted by molar-refractivity contribution is -0.131. The van der Waals surface area contributed by atoms with Crippen molar-refractivity contribution in [2.75, 3.05) is 0 Å². The molecule has 0 spiro atoms. The van der Waals surface area contributed by atoms with Crippen molar-refractivity contribution in [1.82, 2.24) is 0 Å². The Bertz CT molecular complexity index is 132. The van der Waals surface area contributed by atoms with Gasteiger partial charge in [-0.1, -0.05) is 19.4 Å². The monoisotopic (exact) mass is 162 g/mol. The number of hydrogen-bond acceptors (Lipinski definition) is 1. The molecule has 0 saturated heterocycles. The third-order valence-corrected chi connectivity index (χ3v) is 1.38. The molecule has 1 atom stereocenters. The smallest absolute Gasteiger partial charge is 0.328 e. The van der Waals surface area contributed by atoms with E-state index in [1.54, 1.807) is 0 Å². The molecular weight excluding hydrogens is 152 g/mol. The van der Waals surface area contributed by atoms with Gasteiger partial charge in [-0.2, -0.15) is 0 Å². The van der Waals surface area contributed by atoms with Crippen molar-refractivity contribution in [2.45, 2.75) is 25.1 Å². The highest BCUT2D eigenvalue weighted by Crippen LogP contribution is 2.05. The standard InChI is InChI=1S/C7H11ClO2/c1-2-3-6(8)4-5-7(9)10/h4-6H,2-3H2,1H3,(H,9,10). The molecule has 0 heterocycles. The van der Waals surface area contributed by atoms with E-state index in [4.69, 9.17) is 16.7 Å². The molecule has 0 aliphatic carbocycles. The maximum atomic E-state index is 9.96. The van der Waals surface area contributed by atoms with E-state index in [2.05, 4.69) is 0 Å². The lowest BCUT2D eigenvalue weighted by Gasteiger charge is -1.97. The molecule has 3 heteroatoms. The van der Waals surface area contributed by atoms with Crippen molar-refractivity contribution in [3.63, 3.8) is 0 Å². The Kier molecular flexibility index (Phi) is 5.03. The summed E-state index contributed by atoms with van der Waals surface area (Å²) in [5.74, 6) is -0.943. The Morgan fingerprint density at radius 1 is 1.80 bits per heavy atom. The second-order valence-corrected chi connectivity index (χ2v) is 2.56. The molecule has 0 saturated carbocycles. The first kappa shape index (κ1) is 9.50. The van der Waals surface area contributed by atoms with Crippen molar-refractivity contribution in [1.29, 1.82) is 0 Å². The summed E-state index contributed by atoms with van der Waals surface area (Å²) >= 11 is 5.67. The van der Waals surface area contributed by atoms with Gasteiger partial charge in [0.2, 0.25) is 0 Å². The zero-order valence-corrected chi connectivity index (χ0v) is 6.64. The van der Waals surface area contributed by atoms with Gasteiger partial charge >= 0.3 is 5.97 Å². The maximum absolute atomic E-state index is 9.96. The highest BCUT2D eigenvalue weighted by Gasteiger charge is 1.96. The predicted octanol–water partition coefficient (Wildman–Crippen LogP) is 2.03. The van der Waals surface area contributed by atoms with Crippen LogP contribution < -0.4 is 0 Å². The molecule has 0 aliphatic rings. The van der Waals surface area contributed by atoms with E-state index < -0.39 is 5.97 Å². The second kappa shape index (κ2) is 5.30. The van der Waals surface area contributed by atoms with Gasteiger partial charge in [0.05, 0.1) is 5.38 Å². The SMILES string of the molecule is CCCC(Cl)C=CC(=O)O. The fourth-order valence-corrected chi connectivity index (χ4v) is 0.850. The maximum Gasteiger partial charge on any atom is 0.328 e. The van der Waals surface area contributed by atoms with Gasteiger partial charge in [-0.15, -0.1) is 11.6 Å². The van der Waals surface area contributed by atoms with Crippen LogP contribution in [0.5, 0.6) is 0 Å². The summed E-state index contributed by atoms with van der Waals surface area (Å²) in [6, 6.07) is 0. The molecule has 2 nitrogen and oxygen atoms in total. The lowest BCUT2D eigenvalue weighted by Crippen LogP contribution is -1.94. The predicted molar refractivity (Wildman–Crippen MR) is 41.3 cm³/mol. The minimum absolute atomic E-state index is 0.138. The topological polar surface area (TPSA) is 37.3 Å². The minimum atomic E-state index is -0.943. The average Bonchev–Trinajstić information content (AvgIpc) is 1.85. The molecular formula is C7H11ClO2. The Labute approximate surface area is 65.5 Å². The molecule has 0 fully saturated rings. The van der Waals surface area contributed by atoms with Crippen LogP contribution in [0, 0.1) is 0 Å². The largest absolute Gasteiger partial charge is 0.478 e. The number of rotatable bonds is 4. The minimum Gasteiger partial charge on any atom is -0.478 e. The molecule has 58 valence electrons. The normalized spacial score (nSPS) is 13.8. The number of carboxylic acids is 1.